The molecule has 2 heterocycles. The van der Waals surface area contributed by atoms with Crippen molar-refractivity contribution in [1.82, 2.24) is 10.2 Å². The van der Waals surface area contributed by atoms with Gasteiger partial charge in [-0.25, -0.2) is 0 Å². The Morgan fingerprint density at radius 3 is 2.71 bits per heavy atom. The van der Waals surface area contributed by atoms with Crippen LogP contribution in [0.1, 0.15) is 25.5 Å². The number of hydrogen-bond donors (Lipinski definition) is 1. The summed E-state index contributed by atoms with van der Waals surface area (Å²) in [6, 6.07) is 3.71. The quantitative estimate of drug-likeness (QED) is 0.898. The first-order valence-corrected chi connectivity index (χ1v) is 6.59. The molecule has 0 unspecified atom stereocenters. The molecule has 96 valence electrons. The summed E-state index contributed by atoms with van der Waals surface area (Å²) in [5, 5.41) is 3.93. The van der Waals surface area contributed by atoms with E-state index in [1.54, 1.807) is 6.07 Å². The van der Waals surface area contributed by atoms with Crippen molar-refractivity contribution < 1.29 is 4.42 Å². The maximum atomic E-state index is 5.73. The van der Waals surface area contributed by atoms with Crippen LogP contribution in [0.5, 0.6) is 0 Å². The second kappa shape index (κ2) is 5.42. The van der Waals surface area contributed by atoms with Crippen molar-refractivity contribution in [2.24, 2.45) is 5.41 Å². The summed E-state index contributed by atoms with van der Waals surface area (Å²) < 4.78 is 5.32. The van der Waals surface area contributed by atoms with Crippen LogP contribution < -0.4 is 5.32 Å². The van der Waals surface area contributed by atoms with Gasteiger partial charge in [0.05, 0.1) is 6.54 Å². The van der Waals surface area contributed by atoms with E-state index < -0.39 is 0 Å². The van der Waals surface area contributed by atoms with Crippen LogP contribution in [0.4, 0.5) is 0 Å². The molecule has 2 rings (SSSR count). The summed E-state index contributed by atoms with van der Waals surface area (Å²) in [4.78, 5) is 2.40. The Bertz CT molecular complexity index is 356. The van der Waals surface area contributed by atoms with Crippen molar-refractivity contribution in [2.45, 2.75) is 26.3 Å². The van der Waals surface area contributed by atoms with E-state index in [1.165, 1.54) is 25.9 Å². The molecule has 0 saturated carbocycles. The number of furan rings is 1. The van der Waals surface area contributed by atoms with Gasteiger partial charge in [-0.3, -0.25) is 0 Å². The zero-order valence-corrected chi connectivity index (χ0v) is 11.4. The molecule has 0 amide bonds. The van der Waals surface area contributed by atoms with Crippen molar-refractivity contribution in [3.05, 3.63) is 23.1 Å². The van der Waals surface area contributed by atoms with Crippen LogP contribution in [0.15, 0.2) is 16.5 Å². The minimum atomic E-state index is 0.420. The molecular formula is C13H21ClN2O. The number of likely N-dealkylation sites (tertiary alicyclic amines) is 1. The first-order valence-electron chi connectivity index (χ1n) is 6.21. The standard InChI is InChI=1S/C13H21ClN2O/c1-13(5-7-16(2)8-6-13)10-15-9-11-3-4-12(14)17-11/h3-4,15H,5-10H2,1-2H3. The highest BCUT2D eigenvalue weighted by molar-refractivity contribution is 6.28. The third-order valence-electron chi connectivity index (χ3n) is 3.67. The van der Waals surface area contributed by atoms with Crippen LogP contribution in [0.25, 0.3) is 0 Å². The molecule has 1 aromatic heterocycles. The highest BCUT2D eigenvalue weighted by Gasteiger charge is 2.28. The molecule has 1 aliphatic rings. The lowest BCUT2D eigenvalue weighted by Crippen LogP contribution is -2.41. The Labute approximate surface area is 108 Å². The smallest absolute Gasteiger partial charge is 0.193 e. The van der Waals surface area contributed by atoms with Gasteiger partial charge in [0.15, 0.2) is 5.22 Å². The minimum Gasteiger partial charge on any atom is -0.448 e. The molecule has 0 aliphatic carbocycles. The maximum absolute atomic E-state index is 5.73. The minimum absolute atomic E-state index is 0.420. The average Bonchev–Trinajstić information content (AvgIpc) is 2.69. The topological polar surface area (TPSA) is 28.4 Å². The van der Waals surface area contributed by atoms with Gasteiger partial charge in [0.25, 0.3) is 0 Å². The van der Waals surface area contributed by atoms with E-state index in [-0.39, 0.29) is 0 Å². The third kappa shape index (κ3) is 3.73. The third-order valence-corrected chi connectivity index (χ3v) is 3.88. The summed E-state index contributed by atoms with van der Waals surface area (Å²) in [6.45, 7) is 6.56. The van der Waals surface area contributed by atoms with Gasteiger partial charge < -0.3 is 14.6 Å². The summed E-state index contributed by atoms with van der Waals surface area (Å²) in [5.74, 6) is 0.909. The number of halogens is 1. The van der Waals surface area contributed by atoms with Crippen LogP contribution in [-0.2, 0) is 6.54 Å². The molecule has 17 heavy (non-hydrogen) atoms. The van der Waals surface area contributed by atoms with Gasteiger partial charge in [-0.2, -0.15) is 0 Å². The molecule has 1 fully saturated rings. The highest BCUT2D eigenvalue weighted by atomic mass is 35.5. The first kappa shape index (κ1) is 12.9. The Morgan fingerprint density at radius 1 is 1.41 bits per heavy atom. The van der Waals surface area contributed by atoms with Crippen molar-refractivity contribution in [1.29, 1.82) is 0 Å². The molecule has 0 aromatic carbocycles. The van der Waals surface area contributed by atoms with Crippen LogP contribution in [0.2, 0.25) is 5.22 Å². The van der Waals surface area contributed by atoms with E-state index in [4.69, 9.17) is 16.0 Å². The number of nitrogens with one attached hydrogen (secondary N) is 1. The molecule has 0 bridgehead atoms. The normalized spacial score (nSPS) is 20.6. The van der Waals surface area contributed by atoms with Gasteiger partial charge in [0, 0.05) is 6.54 Å². The average molecular weight is 257 g/mol. The Morgan fingerprint density at radius 2 is 2.12 bits per heavy atom. The molecule has 1 aromatic rings. The van der Waals surface area contributed by atoms with Gasteiger partial charge in [-0.15, -0.1) is 0 Å². The molecule has 4 heteroatoms. The fourth-order valence-corrected chi connectivity index (χ4v) is 2.43. The predicted octanol–water partition coefficient (Wildman–Crippen LogP) is 2.75. The summed E-state index contributed by atoms with van der Waals surface area (Å²) >= 11 is 5.73. The number of rotatable bonds is 4. The molecular weight excluding hydrogens is 236 g/mol. The van der Waals surface area contributed by atoms with E-state index in [0.29, 0.717) is 10.6 Å². The molecule has 0 spiro atoms. The van der Waals surface area contributed by atoms with Crippen LogP contribution >= 0.6 is 11.6 Å². The van der Waals surface area contributed by atoms with Gasteiger partial charge in [-0.1, -0.05) is 6.92 Å². The van der Waals surface area contributed by atoms with E-state index in [9.17, 15) is 0 Å². The van der Waals surface area contributed by atoms with Crippen LogP contribution in [0.3, 0.4) is 0 Å². The van der Waals surface area contributed by atoms with Crippen molar-refractivity contribution in [3.8, 4) is 0 Å². The Hall–Kier alpha value is -0.510. The van der Waals surface area contributed by atoms with Crippen molar-refractivity contribution in [3.63, 3.8) is 0 Å². The Kier molecular flexibility index (Phi) is 4.13. The monoisotopic (exact) mass is 256 g/mol. The second-order valence-electron chi connectivity index (χ2n) is 5.42. The summed E-state index contributed by atoms with van der Waals surface area (Å²) in [7, 11) is 2.19. The number of nitrogens with zero attached hydrogens (tertiary/aromatic N) is 1. The number of piperidine rings is 1. The van der Waals surface area contributed by atoms with Gasteiger partial charge in [0.2, 0.25) is 0 Å². The summed E-state index contributed by atoms with van der Waals surface area (Å²) in [5.41, 5.74) is 0.420. The van der Waals surface area contributed by atoms with Crippen molar-refractivity contribution >= 4 is 11.6 Å². The lowest BCUT2D eigenvalue weighted by Gasteiger charge is -2.38. The molecule has 1 saturated heterocycles. The zero-order chi connectivity index (χ0) is 12.3. The van der Waals surface area contributed by atoms with E-state index in [0.717, 1.165) is 18.8 Å². The maximum Gasteiger partial charge on any atom is 0.193 e. The van der Waals surface area contributed by atoms with Crippen molar-refractivity contribution in [2.75, 3.05) is 26.7 Å². The van der Waals surface area contributed by atoms with Gasteiger partial charge >= 0.3 is 0 Å². The van der Waals surface area contributed by atoms with Crippen LogP contribution in [-0.4, -0.2) is 31.6 Å². The Balaban J connectivity index is 1.74. The zero-order valence-electron chi connectivity index (χ0n) is 10.6. The predicted molar refractivity (Wildman–Crippen MR) is 70.3 cm³/mol. The van der Waals surface area contributed by atoms with E-state index in [1.807, 2.05) is 6.07 Å². The lowest BCUT2D eigenvalue weighted by atomic mass is 9.80. The fraction of sp³-hybridized carbons (Fsp3) is 0.692. The van der Waals surface area contributed by atoms with Gasteiger partial charge in [-0.05, 0) is 62.1 Å². The molecule has 3 nitrogen and oxygen atoms in total. The molecule has 0 radical (unpaired) electrons. The first-order chi connectivity index (χ1) is 8.07. The SMILES string of the molecule is CN1CCC(C)(CNCc2ccc(Cl)o2)CC1. The molecule has 1 N–H and O–H groups in total. The lowest BCUT2D eigenvalue weighted by molar-refractivity contribution is 0.136. The van der Waals surface area contributed by atoms with Crippen LogP contribution in [0, 0.1) is 5.41 Å². The molecule has 1 aliphatic heterocycles. The fourth-order valence-electron chi connectivity index (χ4n) is 2.27. The second-order valence-corrected chi connectivity index (χ2v) is 5.80. The number of hydrogen-bond acceptors (Lipinski definition) is 3. The summed E-state index contributed by atoms with van der Waals surface area (Å²) in [6.07, 6.45) is 2.52. The van der Waals surface area contributed by atoms with E-state index in [2.05, 4.69) is 24.2 Å². The largest absolute Gasteiger partial charge is 0.448 e. The van der Waals surface area contributed by atoms with E-state index >= 15 is 0 Å². The molecule has 0 atom stereocenters. The van der Waals surface area contributed by atoms with Gasteiger partial charge in [0.1, 0.15) is 5.76 Å². The highest BCUT2D eigenvalue weighted by Crippen LogP contribution is 2.29.